The average Bonchev–Trinajstić information content (AvgIpc) is 3.34. The maximum absolute atomic E-state index is 12.8. The zero-order chi connectivity index (χ0) is 19.0. The molecular formula is C20H22N2O3S2. The minimum absolute atomic E-state index is 0.0186. The standard InChI is InChI=1S/C20H22N2O3S2/c1-2-3-8-26-20-22-14-7-6-13(10-15(14)27-20)21-18(23)16-11-4-5-12(9-11)17(16)19(24)25/h4-7,10-12,16-17H,2-3,8-9H2,1H3,(H,21,23)(H,24,25)/t11-,12-,16+,17+/m0/s1. The largest absolute Gasteiger partial charge is 0.481 e. The normalized spacial score (nSPS) is 26.0. The molecule has 2 aliphatic carbocycles. The number of carbonyl (C=O) groups excluding carboxylic acids is 1. The molecule has 5 nitrogen and oxygen atoms in total. The third kappa shape index (κ3) is 3.62. The number of benzene rings is 1. The van der Waals surface area contributed by atoms with E-state index in [0.717, 1.165) is 26.7 Å². The predicted molar refractivity (Wildman–Crippen MR) is 109 cm³/mol. The molecule has 0 saturated heterocycles. The molecule has 1 saturated carbocycles. The first-order valence-electron chi connectivity index (χ1n) is 9.32. The van der Waals surface area contributed by atoms with Crippen molar-refractivity contribution in [2.45, 2.75) is 30.5 Å². The summed E-state index contributed by atoms with van der Waals surface area (Å²) in [6.07, 6.45) is 7.06. The Labute approximate surface area is 166 Å². The lowest BCUT2D eigenvalue weighted by atomic mass is 9.82. The van der Waals surface area contributed by atoms with Crippen LogP contribution < -0.4 is 5.32 Å². The number of thioether (sulfide) groups is 1. The van der Waals surface area contributed by atoms with Crippen LogP contribution in [0.5, 0.6) is 0 Å². The van der Waals surface area contributed by atoms with Gasteiger partial charge in [0.15, 0.2) is 4.34 Å². The van der Waals surface area contributed by atoms with Crippen LogP contribution >= 0.6 is 23.1 Å². The maximum atomic E-state index is 12.8. The highest BCUT2D eigenvalue weighted by Crippen LogP contribution is 2.48. The van der Waals surface area contributed by atoms with Crippen molar-refractivity contribution in [3.05, 3.63) is 30.4 Å². The van der Waals surface area contributed by atoms with Crippen LogP contribution in [0.2, 0.25) is 0 Å². The van der Waals surface area contributed by atoms with Crippen LogP contribution in [0.15, 0.2) is 34.7 Å². The van der Waals surface area contributed by atoms with Crippen molar-refractivity contribution in [1.29, 1.82) is 0 Å². The summed E-state index contributed by atoms with van der Waals surface area (Å²) in [5.74, 6) is -1.10. The van der Waals surface area contributed by atoms with E-state index in [1.807, 2.05) is 30.4 Å². The van der Waals surface area contributed by atoms with Gasteiger partial charge in [0, 0.05) is 11.4 Å². The minimum Gasteiger partial charge on any atom is -0.481 e. The van der Waals surface area contributed by atoms with Crippen LogP contribution in [0.3, 0.4) is 0 Å². The van der Waals surface area contributed by atoms with E-state index in [2.05, 4.69) is 17.2 Å². The number of thiazole rings is 1. The van der Waals surface area contributed by atoms with E-state index in [4.69, 9.17) is 0 Å². The molecule has 0 aliphatic heterocycles. The summed E-state index contributed by atoms with van der Waals surface area (Å²) in [6.45, 7) is 2.18. The lowest BCUT2D eigenvalue weighted by Gasteiger charge is -2.23. The monoisotopic (exact) mass is 402 g/mol. The van der Waals surface area contributed by atoms with Crippen molar-refractivity contribution in [3.63, 3.8) is 0 Å². The van der Waals surface area contributed by atoms with E-state index < -0.39 is 17.8 Å². The first-order valence-corrected chi connectivity index (χ1v) is 11.1. The summed E-state index contributed by atoms with van der Waals surface area (Å²) in [4.78, 5) is 29.1. The molecule has 7 heteroatoms. The molecule has 1 heterocycles. The van der Waals surface area contributed by atoms with Crippen molar-refractivity contribution in [2.24, 2.45) is 23.7 Å². The number of carbonyl (C=O) groups is 2. The third-order valence-corrected chi connectivity index (χ3v) is 7.65. The highest BCUT2D eigenvalue weighted by Gasteiger charge is 2.51. The molecule has 4 atom stereocenters. The number of nitrogens with zero attached hydrogens (tertiary/aromatic N) is 1. The zero-order valence-corrected chi connectivity index (χ0v) is 16.7. The molecule has 0 unspecified atom stereocenters. The third-order valence-electron chi connectivity index (χ3n) is 5.41. The SMILES string of the molecule is CCCCSc1nc2ccc(NC(=O)[C@H]3[C@H](C(=O)O)[C@H]4C=C[C@H]3C4)cc2s1. The number of rotatable bonds is 7. The van der Waals surface area contributed by atoms with Gasteiger partial charge in [-0.2, -0.15) is 0 Å². The van der Waals surface area contributed by atoms with Gasteiger partial charge in [-0.1, -0.05) is 37.3 Å². The van der Waals surface area contributed by atoms with Gasteiger partial charge in [-0.3, -0.25) is 9.59 Å². The quantitative estimate of drug-likeness (QED) is 0.400. The molecule has 4 rings (SSSR count). The minimum atomic E-state index is -0.876. The Morgan fingerprint density at radius 2 is 2.07 bits per heavy atom. The molecule has 0 radical (unpaired) electrons. The van der Waals surface area contributed by atoms with Gasteiger partial charge in [0.1, 0.15) is 0 Å². The van der Waals surface area contributed by atoms with E-state index in [1.165, 1.54) is 12.8 Å². The van der Waals surface area contributed by atoms with E-state index in [-0.39, 0.29) is 17.7 Å². The van der Waals surface area contributed by atoms with E-state index >= 15 is 0 Å². The molecule has 2 aromatic rings. The smallest absolute Gasteiger partial charge is 0.307 e. The fourth-order valence-corrected chi connectivity index (χ4v) is 6.35. The van der Waals surface area contributed by atoms with Crippen molar-refractivity contribution in [2.75, 3.05) is 11.1 Å². The number of aliphatic carboxylic acids is 1. The van der Waals surface area contributed by atoms with Gasteiger partial charge in [0.2, 0.25) is 5.91 Å². The Morgan fingerprint density at radius 1 is 1.30 bits per heavy atom. The Balaban J connectivity index is 1.49. The van der Waals surface area contributed by atoms with Crippen molar-refractivity contribution < 1.29 is 14.7 Å². The number of unbranched alkanes of at least 4 members (excludes halogenated alkanes) is 1. The highest BCUT2D eigenvalue weighted by atomic mass is 32.2. The van der Waals surface area contributed by atoms with Crippen LogP contribution in [0.4, 0.5) is 5.69 Å². The van der Waals surface area contributed by atoms with Gasteiger partial charge < -0.3 is 10.4 Å². The molecule has 1 aromatic carbocycles. The van der Waals surface area contributed by atoms with E-state index in [0.29, 0.717) is 5.69 Å². The first-order chi connectivity index (χ1) is 13.1. The van der Waals surface area contributed by atoms with Crippen molar-refractivity contribution in [3.8, 4) is 0 Å². The number of carboxylic acid groups (broad SMARTS) is 1. The molecule has 0 spiro atoms. The predicted octanol–water partition coefficient (Wildman–Crippen LogP) is 4.65. The van der Waals surface area contributed by atoms with Crippen LogP contribution in [-0.4, -0.2) is 27.7 Å². The van der Waals surface area contributed by atoms with Gasteiger partial charge in [0.25, 0.3) is 0 Å². The number of amides is 1. The number of anilines is 1. The van der Waals surface area contributed by atoms with Crippen LogP contribution in [0.25, 0.3) is 10.2 Å². The van der Waals surface area contributed by atoms with Gasteiger partial charge in [0.05, 0.1) is 22.1 Å². The molecular weight excluding hydrogens is 380 g/mol. The second kappa shape index (κ2) is 7.64. The van der Waals surface area contributed by atoms with Gasteiger partial charge in [-0.15, -0.1) is 11.3 Å². The number of aromatic nitrogens is 1. The highest BCUT2D eigenvalue weighted by molar-refractivity contribution is 8.01. The van der Waals surface area contributed by atoms with Crippen LogP contribution in [0.1, 0.15) is 26.2 Å². The maximum Gasteiger partial charge on any atom is 0.307 e. The lowest BCUT2D eigenvalue weighted by molar-refractivity contribution is -0.146. The fraction of sp³-hybridized carbons (Fsp3) is 0.450. The summed E-state index contributed by atoms with van der Waals surface area (Å²) in [7, 11) is 0. The summed E-state index contributed by atoms with van der Waals surface area (Å²) >= 11 is 3.40. The zero-order valence-electron chi connectivity index (χ0n) is 15.1. The van der Waals surface area contributed by atoms with Crippen LogP contribution in [0, 0.1) is 23.7 Å². The van der Waals surface area contributed by atoms with E-state index in [1.54, 1.807) is 23.1 Å². The first kappa shape index (κ1) is 18.5. The lowest BCUT2D eigenvalue weighted by Crippen LogP contribution is -2.36. The Hall–Kier alpha value is -1.86. The number of allylic oxidation sites excluding steroid dienone is 2. The summed E-state index contributed by atoms with van der Waals surface area (Å²) in [6, 6.07) is 5.70. The molecule has 2 N–H and O–H groups in total. The summed E-state index contributed by atoms with van der Waals surface area (Å²) in [5.41, 5.74) is 1.64. The number of hydrogen-bond donors (Lipinski definition) is 2. The number of hydrogen-bond acceptors (Lipinski definition) is 5. The molecule has 27 heavy (non-hydrogen) atoms. The topological polar surface area (TPSA) is 79.3 Å². The number of fused-ring (bicyclic) bond motifs is 3. The molecule has 1 fully saturated rings. The Bertz CT molecular complexity index is 908. The second-order valence-electron chi connectivity index (χ2n) is 7.19. The van der Waals surface area contributed by atoms with Crippen LogP contribution in [-0.2, 0) is 9.59 Å². The molecule has 2 bridgehead atoms. The molecule has 1 amide bonds. The van der Waals surface area contributed by atoms with Crippen molar-refractivity contribution in [1.82, 2.24) is 4.98 Å². The fourth-order valence-electron chi connectivity index (χ4n) is 4.09. The molecule has 1 aromatic heterocycles. The Kier molecular flexibility index (Phi) is 5.23. The average molecular weight is 403 g/mol. The number of carboxylic acids is 1. The van der Waals surface area contributed by atoms with Gasteiger partial charge in [-0.05, 0) is 42.9 Å². The van der Waals surface area contributed by atoms with Gasteiger partial charge >= 0.3 is 5.97 Å². The number of nitrogens with one attached hydrogen (secondary N) is 1. The summed E-state index contributed by atoms with van der Waals surface area (Å²) in [5, 5.41) is 12.5. The molecule has 142 valence electrons. The van der Waals surface area contributed by atoms with Crippen molar-refractivity contribution >= 4 is 50.9 Å². The Morgan fingerprint density at radius 3 is 2.81 bits per heavy atom. The van der Waals surface area contributed by atoms with E-state index in [9.17, 15) is 14.7 Å². The second-order valence-corrected chi connectivity index (χ2v) is 9.56. The summed E-state index contributed by atoms with van der Waals surface area (Å²) < 4.78 is 2.08. The molecule has 2 aliphatic rings. The van der Waals surface area contributed by atoms with Gasteiger partial charge in [-0.25, -0.2) is 4.98 Å².